The van der Waals surface area contributed by atoms with Gasteiger partial charge in [0.15, 0.2) is 0 Å². The molecule has 0 fully saturated rings. The second-order valence-corrected chi connectivity index (χ2v) is 7.81. The molecule has 3 nitrogen and oxygen atoms in total. The van der Waals surface area contributed by atoms with Crippen molar-refractivity contribution in [2.45, 2.75) is 65.2 Å². The lowest BCUT2D eigenvalue weighted by Crippen LogP contribution is -2.19. The van der Waals surface area contributed by atoms with Crippen LogP contribution in [0.4, 0.5) is 0 Å². The fourth-order valence-electron chi connectivity index (χ4n) is 2.51. The van der Waals surface area contributed by atoms with Crippen LogP contribution in [-0.4, -0.2) is 16.2 Å². The van der Waals surface area contributed by atoms with Gasteiger partial charge in [-0.05, 0) is 34.4 Å². The summed E-state index contributed by atoms with van der Waals surface area (Å²) in [5, 5.41) is 20.2. The first-order chi connectivity index (χ1) is 9.89. The van der Waals surface area contributed by atoms with Gasteiger partial charge in [-0.15, -0.1) is 0 Å². The van der Waals surface area contributed by atoms with Crippen molar-refractivity contribution >= 4 is 5.97 Å². The normalized spacial score (nSPS) is 14.3. The van der Waals surface area contributed by atoms with Crippen LogP contribution in [-0.2, 0) is 15.6 Å². The van der Waals surface area contributed by atoms with Gasteiger partial charge >= 0.3 is 5.97 Å². The molecule has 0 aliphatic heterocycles. The van der Waals surface area contributed by atoms with Crippen LogP contribution >= 0.6 is 0 Å². The van der Waals surface area contributed by atoms with E-state index in [4.69, 9.17) is 0 Å². The number of phenols is 1. The molecule has 0 saturated carbocycles. The molecule has 0 spiro atoms. The molecule has 1 unspecified atom stereocenters. The molecule has 22 heavy (non-hydrogen) atoms. The lowest BCUT2D eigenvalue weighted by atomic mass is 9.77. The fraction of sp³-hybridized carbons (Fsp3) is 0.526. The molecule has 0 saturated heterocycles. The highest BCUT2D eigenvalue weighted by atomic mass is 16.4. The van der Waals surface area contributed by atoms with E-state index < -0.39 is 11.9 Å². The molecule has 0 aromatic heterocycles. The van der Waals surface area contributed by atoms with Crippen molar-refractivity contribution in [3.8, 4) is 5.75 Å². The second-order valence-electron chi connectivity index (χ2n) is 7.81. The predicted molar refractivity (Wildman–Crippen MR) is 90.7 cm³/mol. The van der Waals surface area contributed by atoms with E-state index in [2.05, 4.69) is 0 Å². The minimum absolute atomic E-state index is 0.265. The Labute approximate surface area is 133 Å². The maximum atomic E-state index is 11.6. The first kappa shape index (κ1) is 18.3. The van der Waals surface area contributed by atoms with Crippen molar-refractivity contribution in [1.29, 1.82) is 0 Å². The third kappa shape index (κ3) is 3.90. The van der Waals surface area contributed by atoms with Crippen LogP contribution in [0.3, 0.4) is 0 Å². The summed E-state index contributed by atoms with van der Waals surface area (Å²) in [4.78, 5) is 11.6. The van der Waals surface area contributed by atoms with E-state index in [1.165, 1.54) is 0 Å². The predicted octanol–water partition coefficient (Wildman–Crippen LogP) is 4.73. The number of aromatic hydroxyl groups is 1. The fourth-order valence-corrected chi connectivity index (χ4v) is 2.51. The summed E-state index contributed by atoms with van der Waals surface area (Å²) in [5.74, 6) is -1.32. The zero-order valence-electron chi connectivity index (χ0n) is 14.7. The number of carbonyl (C=O) groups is 1. The SMILES string of the molecule is CC=CC(C(=O)O)c1cc(C(C)(C)C)c(O)c(C(C)(C)C)c1. The lowest BCUT2D eigenvalue weighted by molar-refractivity contribution is -0.137. The van der Waals surface area contributed by atoms with E-state index >= 15 is 0 Å². The molecule has 1 rings (SSSR count). The Kier molecular flexibility index (Phi) is 5.11. The molecule has 1 aromatic carbocycles. The minimum atomic E-state index is -0.886. The monoisotopic (exact) mass is 304 g/mol. The van der Waals surface area contributed by atoms with Gasteiger partial charge in [-0.1, -0.05) is 65.8 Å². The van der Waals surface area contributed by atoms with Crippen LogP contribution in [0.1, 0.15) is 71.1 Å². The van der Waals surface area contributed by atoms with Gasteiger partial charge in [-0.3, -0.25) is 4.79 Å². The molecule has 0 amide bonds. The highest BCUT2D eigenvalue weighted by molar-refractivity contribution is 5.79. The number of phenolic OH excluding ortho intramolecular Hbond substituents is 1. The topological polar surface area (TPSA) is 57.5 Å². The van der Waals surface area contributed by atoms with E-state index in [9.17, 15) is 15.0 Å². The molecule has 1 atom stereocenters. The maximum Gasteiger partial charge on any atom is 0.314 e. The van der Waals surface area contributed by atoms with E-state index in [-0.39, 0.29) is 16.6 Å². The molecule has 0 radical (unpaired) electrons. The largest absolute Gasteiger partial charge is 0.507 e. The van der Waals surface area contributed by atoms with Gasteiger partial charge in [-0.25, -0.2) is 0 Å². The Hall–Kier alpha value is -1.77. The van der Waals surface area contributed by atoms with Crippen LogP contribution in [0, 0.1) is 0 Å². The summed E-state index contributed by atoms with van der Waals surface area (Å²) in [6.45, 7) is 13.9. The molecule has 3 heteroatoms. The standard InChI is InChI=1S/C19H28O3/c1-8-9-13(17(21)22)12-10-14(18(2,3)4)16(20)15(11-12)19(5,6)7/h8-11,13,20H,1-7H3,(H,21,22). The zero-order valence-corrected chi connectivity index (χ0v) is 14.7. The number of hydrogen-bond acceptors (Lipinski definition) is 2. The van der Waals surface area contributed by atoms with Crippen molar-refractivity contribution in [2.75, 3.05) is 0 Å². The van der Waals surface area contributed by atoms with E-state index in [1.54, 1.807) is 12.2 Å². The number of allylic oxidation sites excluding steroid dienone is 1. The Balaban J connectivity index is 3.71. The Morgan fingerprint density at radius 2 is 1.45 bits per heavy atom. The first-order valence-electron chi connectivity index (χ1n) is 7.63. The van der Waals surface area contributed by atoms with Gasteiger partial charge in [0.05, 0.1) is 5.92 Å². The first-order valence-corrected chi connectivity index (χ1v) is 7.63. The van der Waals surface area contributed by atoms with Gasteiger partial charge in [0.1, 0.15) is 5.75 Å². The number of hydrogen-bond donors (Lipinski definition) is 2. The zero-order chi connectivity index (χ0) is 17.3. The molecule has 1 aromatic rings. The molecule has 0 aliphatic rings. The summed E-state index contributed by atoms with van der Waals surface area (Å²) in [6, 6.07) is 3.65. The molecular formula is C19H28O3. The highest BCUT2D eigenvalue weighted by Gasteiger charge is 2.29. The second kappa shape index (κ2) is 6.15. The third-order valence-electron chi connectivity index (χ3n) is 3.76. The van der Waals surface area contributed by atoms with Crippen molar-refractivity contribution in [2.24, 2.45) is 0 Å². The number of carboxylic acid groups (broad SMARTS) is 1. The molecule has 0 bridgehead atoms. The van der Waals surface area contributed by atoms with Crippen LogP contribution in [0.2, 0.25) is 0 Å². The summed E-state index contributed by atoms with van der Waals surface area (Å²) >= 11 is 0. The highest BCUT2D eigenvalue weighted by Crippen LogP contribution is 2.41. The molecule has 2 N–H and O–H groups in total. The van der Waals surface area contributed by atoms with Crippen molar-refractivity contribution < 1.29 is 15.0 Å². The van der Waals surface area contributed by atoms with Crippen molar-refractivity contribution in [1.82, 2.24) is 0 Å². The van der Waals surface area contributed by atoms with Gasteiger partial charge in [0, 0.05) is 0 Å². The van der Waals surface area contributed by atoms with Crippen molar-refractivity contribution in [3.05, 3.63) is 41.0 Å². The number of benzene rings is 1. The molecular weight excluding hydrogens is 276 g/mol. The summed E-state index contributed by atoms with van der Waals surface area (Å²) in [6.07, 6.45) is 3.42. The molecule has 122 valence electrons. The maximum absolute atomic E-state index is 11.6. The van der Waals surface area contributed by atoms with Crippen LogP contribution in [0.15, 0.2) is 24.3 Å². The summed E-state index contributed by atoms with van der Waals surface area (Å²) in [7, 11) is 0. The van der Waals surface area contributed by atoms with E-state index in [1.807, 2.05) is 60.6 Å². The van der Waals surface area contributed by atoms with E-state index in [0.29, 0.717) is 5.56 Å². The number of carboxylic acids is 1. The average molecular weight is 304 g/mol. The van der Waals surface area contributed by atoms with E-state index in [0.717, 1.165) is 11.1 Å². The summed E-state index contributed by atoms with van der Waals surface area (Å²) in [5.41, 5.74) is 1.74. The Morgan fingerprint density at radius 1 is 1.05 bits per heavy atom. The number of aliphatic carboxylic acids is 1. The van der Waals surface area contributed by atoms with Crippen LogP contribution < -0.4 is 0 Å². The van der Waals surface area contributed by atoms with Gasteiger partial charge in [0.2, 0.25) is 0 Å². The Bertz CT molecular complexity index is 549. The Morgan fingerprint density at radius 3 is 1.73 bits per heavy atom. The van der Waals surface area contributed by atoms with Gasteiger partial charge < -0.3 is 10.2 Å². The molecule has 0 heterocycles. The van der Waals surface area contributed by atoms with Crippen LogP contribution in [0.5, 0.6) is 5.75 Å². The van der Waals surface area contributed by atoms with Gasteiger partial charge in [0.25, 0.3) is 0 Å². The minimum Gasteiger partial charge on any atom is -0.507 e. The quantitative estimate of drug-likeness (QED) is 0.794. The third-order valence-corrected chi connectivity index (χ3v) is 3.76. The lowest BCUT2D eigenvalue weighted by Gasteiger charge is -2.29. The molecule has 0 aliphatic carbocycles. The van der Waals surface area contributed by atoms with Crippen LogP contribution in [0.25, 0.3) is 0 Å². The summed E-state index contributed by atoms with van der Waals surface area (Å²) < 4.78 is 0. The number of rotatable bonds is 3. The smallest absolute Gasteiger partial charge is 0.314 e. The average Bonchev–Trinajstić information content (AvgIpc) is 2.33. The van der Waals surface area contributed by atoms with Gasteiger partial charge in [-0.2, -0.15) is 0 Å². The van der Waals surface area contributed by atoms with Crippen molar-refractivity contribution in [3.63, 3.8) is 0 Å².